The van der Waals surface area contributed by atoms with Crippen molar-refractivity contribution in [2.24, 2.45) is 5.73 Å². The van der Waals surface area contributed by atoms with E-state index in [0.29, 0.717) is 26.4 Å². The lowest BCUT2D eigenvalue weighted by Gasteiger charge is -2.12. The number of nitrogens with two attached hydrogens (primary N) is 2. The fourth-order valence-corrected chi connectivity index (χ4v) is 2.16. The summed E-state index contributed by atoms with van der Waals surface area (Å²) in [5.41, 5.74) is 13.1. The number of hydrogen-bond donors (Lipinski definition) is 3. The third-order valence-electron chi connectivity index (χ3n) is 2.53. The van der Waals surface area contributed by atoms with E-state index in [0.717, 1.165) is 5.69 Å². The number of carbonyl (C=O) groups is 1. The average molecular weight is 341 g/mol. The smallest absolute Gasteiger partial charge is 0.250 e. The van der Waals surface area contributed by atoms with Crippen LogP contribution in [0.2, 0.25) is 5.02 Å². The fourth-order valence-electron chi connectivity index (χ4n) is 1.62. The summed E-state index contributed by atoms with van der Waals surface area (Å²) in [5, 5.41) is 3.67. The van der Waals surface area contributed by atoms with E-state index in [1.807, 2.05) is 6.07 Å². The van der Waals surface area contributed by atoms with Gasteiger partial charge in [-0.3, -0.25) is 4.79 Å². The molecule has 0 saturated carbocycles. The maximum absolute atomic E-state index is 11.4. The van der Waals surface area contributed by atoms with Gasteiger partial charge in [-0.25, -0.2) is 0 Å². The van der Waals surface area contributed by atoms with Crippen LogP contribution in [0.15, 0.2) is 40.9 Å². The first-order valence-corrected chi connectivity index (χ1v) is 6.56. The summed E-state index contributed by atoms with van der Waals surface area (Å²) in [5.74, 6) is -0.548. The van der Waals surface area contributed by atoms with Gasteiger partial charge < -0.3 is 16.8 Å². The Bertz CT molecular complexity index is 646. The van der Waals surface area contributed by atoms with E-state index in [-0.39, 0.29) is 0 Å². The van der Waals surface area contributed by atoms with E-state index >= 15 is 0 Å². The largest absolute Gasteiger partial charge is 0.399 e. The van der Waals surface area contributed by atoms with E-state index in [4.69, 9.17) is 23.1 Å². The molecule has 4 nitrogen and oxygen atoms in total. The van der Waals surface area contributed by atoms with Gasteiger partial charge in [0, 0.05) is 5.69 Å². The molecule has 0 aliphatic rings. The number of hydrogen-bond acceptors (Lipinski definition) is 3. The molecule has 0 spiro atoms. The second-order valence-electron chi connectivity index (χ2n) is 3.90. The van der Waals surface area contributed by atoms with Gasteiger partial charge in [0.2, 0.25) is 0 Å². The van der Waals surface area contributed by atoms with Crippen molar-refractivity contribution < 1.29 is 4.79 Å². The standard InChI is InChI=1S/C13H11BrClN3O/c14-12-9(15)2-1-3-11(12)18-10-5-4-7(16)6-8(10)13(17)19/h1-6,18H,16H2,(H2,17,19). The first kappa shape index (κ1) is 13.7. The minimum absolute atomic E-state index is 0.326. The molecular weight excluding hydrogens is 330 g/mol. The van der Waals surface area contributed by atoms with Crippen molar-refractivity contribution in [2.45, 2.75) is 0 Å². The Kier molecular flexibility index (Phi) is 3.97. The van der Waals surface area contributed by atoms with Gasteiger partial charge in [-0.1, -0.05) is 17.7 Å². The number of nitrogen functional groups attached to an aromatic ring is 1. The number of nitrogens with one attached hydrogen (secondary N) is 1. The van der Waals surface area contributed by atoms with Crippen LogP contribution in [0.4, 0.5) is 17.1 Å². The summed E-state index contributed by atoms with van der Waals surface area (Å²) < 4.78 is 0.712. The summed E-state index contributed by atoms with van der Waals surface area (Å²) in [7, 11) is 0. The van der Waals surface area contributed by atoms with Crippen LogP contribution in [-0.4, -0.2) is 5.91 Å². The second-order valence-corrected chi connectivity index (χ2v) is 5.10. The number of halogens is 2. The molecule has 0 unspecified atom stereocenters. The molecule has 2 rings (SSSR count). The van der Waals surface area contributed by atoms with Gasteiger partial charge >= 0.3 is 0 Å². The number of benzene rings is 2. The van der Waals surface area contributed by atoms with Gasteiger partial charge in [-0.05, 0) is 46.3 Å². The molecule has 0 aliphatic heterocycles. The highest BCUT2D eigenvalue weighted by Crippen LogP contribution is 2.33. The molecule has 19 heavy (non-hydrogen) atoms. The van der Waals surface area contributed by atoms with Crippen molar-refractivity contribution in [3.63, 3.8) is 0 Å². The molecular formula is C13H11BrClN3O. The summed E-state index contributed by atoms with van der Waals surface area (Å²) >= 11 is 9.39. The predicted molar refractivity (Wildman–Crippen MR) is 81.8 cm³/mol. The van der Waals surface area contributed by atoms with E-state index in [2.05, 4.69) is 21.2 Å². The van der Waals surface area contributed by atoms with Crippen LogP contribution in [0, 0.1) is 0 Å². The van der Waals surface area contributed by atoms with Gasteiger partial charge in [0.25, 0.3) is 5.91 Å². The monoisotopic (exact) mass is 339 g/mol. The zero-order valence-electron chi connectivity index (χ0n) is 9.78. The van der Waals surface area contributed by atoms with Crippen molar-refractivity contribution >= 4 is 50.5 Å². The lowest BCUT2D eigenvalue weighted by atomic mass is 10.1. The first-order valence-electron chi connectivity index (χ1n) is 5.39. The quantitative estimate of drug-likeness (QED) is 0.748. The molecule has 0 radical (unpaired) electrons. The number of anilines is 3. The van der Waals surface area contributed by atoms with E-state index in [1.165, 1.54) is 6.07 Å². The van der Waals surface area contributed by atoms with Gasteiger partial charge in [0.05, 0.1) is 26.4 Å². The number of carbonyl (C=O) groups excluding carboxylic acids is 1. The Morgan fingerprint density at radius 2 is 1.95 bits per heavy atom. The van der Waals surface area contributed by atoms with Crippen molar-refractivity contribution in [2.75, 3.05) is 11.1 Å². The lowest BCUT2D eigenvalue weighted by Crippen LogP contribution is -2.13. The van der Waals surface area contributed by atoms with Crippen LogP contribution in [0.25, 0.3) is 0 Å². The molecule has 1 amide bonds. The molecule has 0 saturated heterocycles. The van der Waals surface area contributed by atoms with Crippen molar-refractivity contribution in [3.05, 3.63) is 51.5 Å². The van der Waals surface area contributed by atoms with Gasteiger partial charge in [-0.15, -0.1) is 0 Å². The van der Waals surface area contributed by atoms with E-state index < -0.39 is 5.91 Å². The predicted octanol–water partition coefficient (Wildman–Crippen LogP) is 3.53. The number of primary amides is 1. The zero-order valence-corrected chi connectivity index (χ0v) is 12.1. The summed E-state index contributed by atoms with van der Waals surface area (Å²) in [6, 6.07) is 10.3. The lowest BCUT2D eigenvalue weighted by molar-refractivity contribution is 0.100. The molecule has 2 aromatic carbocycles. The van der Waals surface area contributed by atoms with Crippen LogP contribution >= 0.6 is 27.5 Å². The number of amides is 1. The highest BCUT2D eigenvalue weighted by Gasteiger charge is 2.11. The molecule has 0 aromatic heterocycles. The van der Waals surface area contributed by atoms with Crippen molar-refractivity contribution in [3.8, 4) is 0 Å². The Balaban J connectivity index is 2.44. The summed E-state index contributed by atoms with van der Waals surface area (Å²) in [6.45, 7) is 0. The van der Waals surface area contributed by atoms with Crippen LogP contribution in [0.3, 0.4) is 0 Å². The first-order chi connectivity index (χ1) is 8.99. The second kappa shape index (κ2) is 5.50. The highest BCUT2D eigenvalue weighted by atomic mass is 79.9. The normalized spacial score (nSPS) is 10.2. The Morgan fingerprint density at radius 3 is 2.63 bits per heavy atom. The maximum atomic E-state index is 11.4. The minimum atomic E-state index is -0.548. The molecule has 0 atom stereocenters. The average Bonchev–Trinajstić information content (AvgIpc) is 2.36. The van der Waals surface area contributed by atoms with Crippen molar-refractivity contribution in [1.82, 2.24) is 0 Å². The topological polar surface area (TPSA) is 81.1 Å². The van der Waals surface area contributed by atoms with Crippen molar-refractivity contribution in [1.29, 1.82) is 0 Å². The molecule has 98 valence electrons. The van der Waals surface area contributed by atoms with E-state index in [9.17, 15) is 4.79 Å². The molecule has 5 N–H and O–H groups in total. The summed E-state index contributed by atoms with van der Waals surface area (Å²) in [6.07, 6.45) is 0. The molecule has 0 fully saturated rings. The SMILES string of the molecule is NC(=O)c1cc(N)ccc1Nc1cccc(Cl)c1Br. The molecule has 0 aliphatic carbocycles. The van der Waals surface area contributed by atoms with Gasteiger partial charge in [-0.2, -0.15) is 0 Å². The molecule has 0 bridgehead atoms. The third-order valence-corrected chi connectivity index (χ3v) is 3.93. The Labute approximate surface area is 123 Å². The Morgan fingerprint density at radius 1 is 1.21 bits per heavy atom. The third kappa shape index (κ3) is 3.00. The Hall–Kier alpha value is -1.72. The van der Waals surface area contributed by atoms with Crippen LogP contribution in [-0.2, 0) is 0 Å². The molecule has 0 heterocycles. The van der Waals surface area contributed by atoms with Crippen LogP contribution in [0.5, 0.6) is 0 Å². The van der Waals surface area contributed by atoms with E-state index in [1.54, 1.807) is 24.3 Å². The molecule has 6 heteroatoms. The summed E-state index contributed by atoms with van der Waals surface area (Å²) in [4.78, 5) is 11.4. The van der Waals surface area contributed by atoms with Gasteiger partial charge in [0.1, 0.15) is 0 Å². The maximum Gasteiger partial charge on any atom is 0.250 e. The minimum Gasteiger partial charge on any atom is -0.399 e. The number of rotatable bonds is 3. The molecule has 2 aromatic rings. The van der Waals surface area contributed by atoms with Gasteiger partial charge in [0.15, 0.2) is 0 Å². The zero-order chi connectivity index (χ0) is 14.0. The van der Waals surface area contributed by atoms with Crippen LogP contribution < -0.4 is 16.8 Å². The van der Waals surface area contributed by atoms with Crippen LogP contribution in [0.1, 0.15) is 10.4 Å². The highest BCUT2D eigenvalue weighted by molar-refractivity contribution is 9.10. The fraction of sp³-hybridized carbons (Fsp3) is 0.